The van der Waals surface area contributed by atoms with Crippen LogP contribution in [-0.4, -0.2) is 34.2 Å². The summed E-state index contributed by atoms with van der Waals surface area (Å²) in [6, 6.07) is 6.94. The van der Waals surface area contributed by atoms with Gasteiger partial charge in [-0.15, -0.1) is 0 Å². The van der Waals surface area contributed by atoms with Gasteiger partial charge in [-0.1, -0.05) is 0 Å². The summed E-state index contributed by atoms with van der Waals surface area (Å²) in [5.74, 6) is -1.82. The Morgan fingerprint density at radius 3 is 2.67 bits per heavy atom. The Morgan fingerprint density at radius 1 is 1.29 bits per heavy atom. The molecule has 0 radical (unpaired) electrons. The van der Waals surface area contributed by atoms with E-state index in [1.807, 2.05) is 0 Å². The fourth-order valence-electron chi connectivity index (χ4n) is 1.69. The van der Waals surface area contributed by atoms with Gasteiger partial charge in [0.05, 0.1) is 18.4 Å². The predicted octanol–water partition coefficient (Wildman–Crippen LogP) is 1.75. The summed E-state index contributed by atoms with van der Waals surface area (Å²) in [7, 11) is 1.42. The molecule has 0 fully saturated rings. The van der Waals surface area contributed by atoms with Crippen LogP contribution < -0.4 is 10.1 Å². The lowest BCUT2D eigenvalue weighted by Gasteiger charge is -2.10. The standard InChI is InChI=1S/C14H12N2O5/c1-21-8-4-5-9(14(19)20)10(7-8)16-13(18)12-11(17)3-2-6-15-12/h2-7,17H,1H3,(H,16,18)(H,19,20). The van der Waals surface area contributed by atoms with Crippen molar-refractivity contribution in [2.24, 2.45) is 0 Å². The fraction of sp³-hybridized carbons (Fsp3) is 0.0714. The summed E-state index contributed by atoms with van der Waals surface area (Å²) in [5.41, 5.74) is -0.242. The number of nitrogens with zero attached hydrogens (tertiary/aromatic N) is 1. The molecule has 0 saturated carbocycles. The first-order chi connectivity index (χ1) is 10.0. The lowest BCUT2D eigenvalue weighted by Crippen LogP contribution is -2.16. The molecular formula is C14H12N2O5. The molecule has 1 aromatic heterocycles. The van der Waals surface area contributed by atoms with Crippen LogP contribution in [0.2, 0.25) is 0 Å². The normalized spacial score (nSPS) is 9.95. The van der Waals surface area contributed by atoms with Crippen molar-refractivity contribution >= 4 is 17.6 Å². The van der Waals surface area contributed by atoms with Crippen LogP contribution in [0.1, 0.15) is 20.8 Å². The molecule has 108 valence electrons. The number of carboxylic acid groups (broad SMARTS) is 1. The van der Waals surface area contributed by atoms with Crippen molar-refractivity contribution in [3.8, 4) is 11.5 Å². The molecule has 1 heterocycles. The third-order valence-corrected chi connectivity index (χ3v) is 2.71. The number of amides is 1. The zero-order valence-corrected chi connectivity index (χ0v) is 11.0. The number of methoxy groups -OCH3 is 1. The van der Waals surface area contributed by atoms with Crippen LogP contribution in [0, 0.1) is 0 Å². The van der Waals surface area contributed by atoms with Gasteiger partial charge in [0, 0.05) is 12.3 Å². The van der Waals surface area contributed by atoms with E-state index in [0.29, 0.717) is 5.75 Å². The molecule has 0 unspecified atom stereocenters. The number of nitrogens with one attached hydrogen (secondary N) is 1. The van der Waals surface area contributed by atoms with Gasteiger partial charge in [-0.3, -0.25) is 4.79 Å². The van der Waals surface area contributed by atoms with Gasteiger partial charge in [0.1, 0.15) is 11.5 Å². The minimum Gasteiger partial charge on any atom is -0.505 e. The van der Waals surface area contributed by atoms with E-state index in [9.17, 15) is 14.7 Å². The lowest BCUT2D eigenvalue weighted by atomic mass is 10.1. The molecule has 1 amide bonds. The highest BCUT2D eigenvalue weighted by Crippen LogP contribution is 2.24. The number of pyridine rings is 1. The topological polar surface area (TPSA) is 109 Å². The van der Waals surface area contributed by atoms with Crippen LogP contribution in [0.15, 0.2) is 36.5 Å². The van der Waals surface area contributed by atoms with E-state index >= 15 is 0 Å². The first-order valence-corrected chi connectivity index (χ1v) is 5.89. The maximum absolute atomic E-state index is 12.0. The van der Waals surface area contributed by atoms with Gasteiger partial charge >= 0.3 is 5.97 Å². The molecule has 0 atom stereocenters. The summed E-state index contributed by atoms with van der Waals surface area (Å²) in [6.07, 6.45) is 1.35. The zero-order valence-electron chi connectivity index (χ0n) is 11.0. The number of carbonyl (C=O) groups excluding carboxylic acids is 1. The van der Waals surface area contributed by atoms with Crippen molar-refractivity contribution in [3.63, 3.8) is 0 Å². The third-order valence-electron chi connectivity index (χ3n) is 2.71. The summed E-state index contributed by atoms with van der Waals surface area (Å²) in [5, 5.41) is 21.1. The highest BCUT2D eigenvalue weighted by Gasteiger charge is 2.17. The van der Waals surface area contributed by atoms with E-state index in [2.05, 4.69) is 10.3 Å². The SMILES string of the molecule is COc1ccc(C(=O)O)c(NC(=O)c2ncccc2O)c1. The Bertz CT molecular complexity index is 700. The zero-order chi connectivity index (χ0) is 15.4. The molecule has 7 heteroatoms. The molecule has 0 spiro atoms. The van der Waals surface area contributed by atoms with Gasteiger partial charge in [-0.25, -0.2) is 9.78 Å². The Morgan fingerprint density at radius 2 is 2.05 bits per heavy atom. The fourth-order valence-corrected chi connectivity index (χ4v) is 1.69. The van der Waals surface area contributed by atoms with Gasteiger partial charge in [-0.2, -0.15) is 0 Å². The van der Waals surface area contributed by atoms with E-state index < -0.39 is 11.9 Å². The highest BCUT2D eigenvalue weighted by atomic mass is 16.5. The van der Waals surface area contributed by atoms with Crippen LogP contribution in [0.5, 0.6) is 11.5 Å². The Hall–Kier alpha value is -3.09. The second kappa shape index (κ2) is 5.91. The number of benzene rings is 1. The van der Waals surface area contributed by atoms with Crippen LogP contribution in [0.4, 0.5) is 5.69 Å². The largest absolute Gasteiger partial charge is 0.505 e. The van der Waals surface area contributed by atoms with Gasteiger partial charge in [-0.05, 0) is 24.3 Å². The third kappa shape index (κ3) is 3.08. The minimum atomic E-state index is -1.20. The van der Waals surface area contributed by atoms with Crippen LogP contribution in [0.3, 0.4) is 0 Å². The molecule has 21 heavy (non-hydrogen) atoms. The smallest absolute Gasteiger partial charge is 0.337 e. The molecule has 2 rings (SSSR count). The van der Waals surface area contributed by atoms with Gasteiger partial charge in [0.15, 0.2) is 5.69 Å². The summed E-state index contributed by atoms with van der Waals surface area (Å²) < 4.78 is 4.99. The molecule has 0 aliphatic rings. The van der Waals surface area contributed by atoms with Crippen molar-refractivity contribution in [1.29, 1.82) is 0 Å². The number of rotatable bonds is 4. The predicted molar refractivity (Wildman–Crippen MR) is 73.8 cm³/mol. The van der Waals surface area contributed by atoms with Gasteiger partial charge < -0.3 is 20.3 Å². The number of anilines is 1. The highest BCUT2D eigenvalue weighted by molar-refractivity contribution is 6.08. The van der Waals surface area contributed by atoms with Crippen LogP contribution in [-0.2, 0) is 0 Å². The molecule has 0 aliphatic carbocycles. The molecule has 7 nitrogen and oxygen atoms in total. The summed E-state index contributed by atoms with van der Waals surface area (Å²) >= 11 is 0. The van der Waals surface area contributed by atoms with Crippen molar-refractivity contribution in [2.45, 2.75) is 0 Å². The molecule has 0 aliphatic heterocycles. The molecule has 1 aromatic carbocycles. The van der Waals surface area contributed by atoms with Gasteiger partial charge in [0.25, 0.3) is 5.91 Å². The Balaban J connectivity index is 2.36. The Kier molecular flexibility index (Phi) is 4.03. The summed E-state index contributed by atoms with van der Waals surface area (Å²) in [6.45, 7) is 0. The van der Waals surface area contributed by atoms with E-state index in [4.69, 9.17) is 9.84 Å². The average Bonchev–Trinajstić information content (AvgIpc) is 2.47. The van der Waals surface area contributed by atoms with Gasteiger partial charge in [0.2, 0.25) is 0 Å². The van der Waals surface area contributed by atoms with Crippen molar-refractivity contribution in [2.75, 3.05) is 12.4 Å². The lowest BCUT2D eigenvalue weighted by molar-refractivity contribution is 0.0698. The number of aromatic hydroxyl groups is 1. The Labute approximate surface area is 119 Å². The number of hydrogen-bond donors (Lipinski definition) is 3. The van der Waals surface area contributed by atoms with E-state index in [0.717, 1.165) is 0 Å². The van der Waals surface area contributed by atoms with Crippen molar-refractivity contribution in [3.05, 3.63) is 47.8 Å². The van der Waals surface area contributed by atoms with Crippen LogP contribution in [0.25, 0.3) is 0 Å². The average molecular weight is 288 g/mol. The maximum Gasteiger partial charge on any atom is 0.337 e. The van der Waals surface area contributed by atoms with E-state index in [-0.39, 0.29) is 22.7 Å². The monoisotopic (exact) mass is 288 g/mol. The number of ether oxygens (including phenoxy) is 1. The number of carboxylic acids is 1. The van der Waals surface area contributed by atoms with Crippen molar-refractivity contribution < 1.29 is 24.5 Å². The number of carbonyl (C=O) groups is 2. The maximum atomic E-state index is 12.0. The number of aromatic carboxylic acids is 1. The number of hydrogen-bond acceptors (Lipinski definition) is 5. The molecule has 0 saturated heterocycles. The molecule has 2 aromatic rings. The minimum absolute atomic E-state index is 0.0527. The number of aromatic nitrogens is 1. The summed E-state index contributed by atoms with van der Waals surface area (Å²) in [4.78, 5) is 26.9. The molecule has 0 bridgehead atoms. The van der Waals surface area contributed by atoms with Crippen LogP contribution >= 0.6 is 0 Å². The molecular weight excluding hydrogens is 276 g/mol. The first-order valence-electron chi connectivity index (χ1n) is 5.89. The van der Waals surface area contributed by atoms with E-state index in [1.54, 1.807) is 0 Å². The van der Waals surface area contributed by atoms with E-state index in [1.165, 1.54) is 43.6 Å². The first kappa shape index (κ1) is 14.3. The molecule has 3 N–H and O–H groups in total. The second-order valence-electron chi connectivity index (χ2n) is 4.04. The van der Waals surface area contributed by atoms with Crippen molar-refractivity contribution in [1.82, 2.24) is 4.98 Å². The second-order valence-corrected chi connectivity index (χ2v) is 4.04. The quantitative estimate of drug-likeness (QED) is 0.790.